The number of halogens is 2. The second-order valence-electron chi connectivity index (χ2n) is 6.09. The van der Waals surface area contributed by atoms with Gasteiger partial charge in [-0.05, 0) is 31.4 Å². The molecule has 2 aromatic rings. The average molecular weight is 407 g/mol. The lowest BCUT2D eigenvalue weighted by atomic mass is 10.0. The summed E-state index contributed by atoms with van der Waals surface area (Å²) in [5.74, 6) is 1.12. The molecule has 3 N–H and O–H groups in total. The molecular weight excluding hydrogens is 383 g/mol. The van der Waals surface area contributed by atoms with E-state index in [-0.39, 0.29) is 37.3 Å². The van der Waals surface area contributed by atoms with Crippen molar-refractivity contribution >= 4 is 47.2 Å². The highest BCUT2D eigenvalue weighted by atomic mass is 35.5. The van der Waals surface area contributed by atoms with Gasteiger partial charge in [0.2, 0.25) is 0 Å². The lowest BCUT2D eigenvalue weighted by Gasteiger charge is -2.30. The van der Waals surface area contributed by atoms with Gasteiger partial charge >= 0.3 is 0 Å². The molecule has 0 aliphatic carbocycles. The first-order valence-corrected chi connectivity index (χ1v) is 8.77. The molecule has 6 nitrogen and oxygen atoms in total. The molecule has 3 heterocycles. The first-order chi connectivity index (χ1) is 11.1. The van der Waals surface area contributed by atoms with Crippen LogP contribution in [0.25, 0.3) is 0 Å². The molecule has 0 radical (unpaired) electrons. The van der Waals surface area contributed by atoms with E-state index in [2.05, 4.69) is 22.1 Å². The van der Waals surface area contributed by atoms with E-state index in [0.717, 1.165) is 31.2 Å². The van der Waals surface area contributed by atoms with Crippen molar-refractivity contribution in [3.05, 3.63) is 34.7 Å². The molecule has 1 aliphatic rings. The maximum Gasteiger partial charge on any atom is 0.260 e. The average Bonchev–Trinajstić information content (AvgIpc) is 3.16. The zero-order valence-electron chi connectivity index (χ0n) is 14.1. The number of hydrogen-bond acceptors (Lipinski definition) is 6. The van der Waals surface area contributed by atoms with Gasteiger partial charge in [0.1, 0.15) is 12.0 Å². The first-order valence-electron chi connectivity index (χ1n) is 7.89. The van der Waals surface area contributed by atoms with Crippen molar-refractivity contribution in [2.24, 2.45) is 11.7 Å². The number of thiazole rings is 1. The van der Waals surface area contributed by atoms with Crippen molar-refractivity contribution in [2.45, 2.75) is 32.9 Å². The Morgan fingerprint density at radius 3 is 3.00 bits per heavy atom. The molecule has 0 saturated carbocycles. The third kappa shape index (κ3) is 5.97. The van der Waals surface area contributed by atoms with Gasteiger partial charge in [-0.1, -0.05) is 6.92 Å². The number of likely N-dealkylation sites (tertiary alicyclic amines) is 1. The van der Waals surface area contributed by atoms with Crippen LogP contribution in [-0.2, 0) is 13.1 Å². The number of carbonyl (C=O) groups is 1. The van der Waals surface area contributed by atoms with Gasteiger partial charge in [-0.25, -0.2) is 4.98 Å². The molecule has 0 spiro atoms. The van der Waals surface area contributed by atoms with Gasteiger partial charge in [-0.3, -0.25) is 15.0 Å². The van der Waals surface area contributed by atoms with Crippen LogP contribution in [0.1, 0.15) is 41.6 Å². The molecule has 25 heavy (non-hydrogen) atoms. The van der Waals surface area contributed by atoms with Crippen molar-refractivity contribution in [1.29, 1.82) is 0 Å². The minimum atomic E-state index is -0.221. The Balaban J connectivity index is 0.00000156. The van der Waals surface area contributed by atoms with Gasteiger partial charge in [0.15, 0.2) is 5.13 Å². The van der Waals surface area contributed by atoms with Crippen molar-refractivity contribution in [3.8, 4) is 0 Å². The van der Waals surface area contributed by atoms with Gasteiger partial charge < -0.3 is 10.2 Å². The molecule has 9 heteroatoms. The highest BCUT2D eigenvalue weighted by Gasteiger charge is 2.18. The van der Waals surface area contributed by atoms with Crippen molar-refractivity contribution in [3.63, 3.8) is 0 Å². The SMILES string of the molecule is CC1CCCN(Cc2csc(NC(=O)c3coc(CN)c3)n2)C1.Cl.Cl. The summed E-state index contributed by atoms with van der Waals surface area (Å²) in [7, 11) is 0. The molecule has 1 unspecified atom stereocenters. The number of rotatable bonds is 5. The Hall–Kier alpha value is -1.12. The number of anilines is 1. The minimum Gasteiger partial charge on any atom is -0.467 e. The van der Waals surface area contributed by atoms with Crippen LogP contribution in [-0.4, -0.2) is 28.9 Å². The van der Waals surface area contributed by atoms with Gasteiger partial charge in [0.05, 0.1) is 17.8 Å². The summed E-state index contributed by atoms with van der Waals surface area (Å²) in [5, 5.41) is 5.44. The number of nitrogens with zero attached hydrogens (tertiary/aromatic N) is 2. The number of nitrogens with two attached hydrogens (primary N) is 1. The molecule has 140 valence electrons. The molecule has 1 fully saturated rings. The number of carbonyl (C=O) groups excluding carboxylic acids is 1. The molecular formula is C16H24Cl2N4O2S. The molecule has 2 aromatic heterocycles. The maximum absolute atomic E-state index is 12.1. The predicted octanol–water partition coefficient (Wildman–Crippen LogP) is 3.52. The molecule has 0 aromatic carbocycles. The van der Waals surface area contributed by atoms with Crippen LogP contribution in [0, 0.1) is 5.92 Å². The van der Waals surface area contributed by atoms with Crippen LogP contribution in [0.2, 0.25) is 0 Å². The number of aromatic nitrogens is 1. The summed E-state index contributed by atoms with van der Waals surface area (Å²) in [4.78, 5) is 19.1. The van der Waals surface area contributed by atoms with E-state index in [9.17, 15) is 4.79 Å². The summed E-state index contributed by atoms with van der Waals surface area (Å²) >= 11 is 1.45. The summed E-state index contributed by atoms with van der Waals surface area (Å²) in [6, 6.07) is 1.65. The lowest BCUT2D eigenvalue weighted by molar-refractivity contribution is 0.102. The zero-order valence-corrected chi connectivity index (χ0v) is 16.5. The van der Waals surface area contributed by atoms with E-state index in [0.29, 0.717) is 16.5 Å². The largest absolute Gasteiger partial charge is 0.467 e. The standard InChI is InChI=1S/C16H22N4O2S.2ClH/c1-11-3-2-4-20(7-11)8-13-10-23-16(18-13)19-15(21)12-5-14(6-17)22-9-12;;/h5,9-11H,2-4,6-8,17H2,1H3,(H,18,19,21);2*1H. The maximum atomic E-state index is 12.1. The highest BCUT2D eigenvalue weighted by Crippen LogP contribution is 2.21. The van der Waals surface area contributed by atoms with Crippen molar-refractivity contribution < 1.29 is 9.21 Å². The molecule has 3 rings (SSSR count). The van der Waals surface area contributed by atoms with Crippen molar-refractivity contribution in [2.75, 3.05) is 18.4 Å². The second-order valence-corrected chi connectivity index (χ2v) is 6.94. The predicted molar refractivity (Wildman–Crippen MR) is 105 cm³/mol. The van der Waals surface area contributed by atoms with Crippen LogP contribution in [0.5, 0.6) is 0 Å². The van der Waals surface area contributed by atoms with Crippen LogP contribution in [0.15, 0.2) is 22.1 Å². The molecule has 1 atom stereocenters. The van der Waals surface area contributed by atoms with E-state index >= 15 is 0 Å². The first kappa shape index (κ1) is 21.9. The van der Waals surface area contributed by atoms with E-state index in [1.165, 1.54) is 30.4 Å². The number of hydrogen-bond donors (Lipinski definition) is 2. The smallest absolute Gasteiger partial charge is 0.260 e. The number of piperidine rings is 1. The normalized spacial score (nSPS) is 17.4. The topological polar surface area (TPSA) is 84.4 Å². The molecule has 1 saturated heterocycles. The van der Waals surface area contributed by atoms with Gasteiger partial charge in [0.25, 0.3) is 5.91 Å². The second kappa shape index (κ2) is 10.1. The van der Waals surface area contributed by atoms with Gasteiger partial charge in [0, 0.05) is 18.5 Å². The van der Waals surface area contributed by atoms with Crippen LogP contribution >= 0.6 is 36.2 Å². The Bertz CT molecular complexity index is 677. The number of amides is 1. The lowest BCUT2D eigenvalue weighted by Crippen LogP contribution is -2.33. The van der Waals surface area contributed by atoms with Crippen LogP contribution in [0.4, 0.5) is 5.13 Å². The Kier molecular flexibility index (Phi) is 8.88. The summed E-state index contributed by atoms with van der Waals surface area (Å²) in [5.41, 5.74) is 6.95. The summed E-state index contributed by atoms with van der Waals surface area (Å²) in [6.45, 7) is 5.67. The minimum absolute atomic E-state index is 0. The summed E-state index contributed by atoms with van der Waals surface area (Å²) in [6.07, 6.45) is 3.98. The Morgan fingerprint density at radius 1 is 1.52 bits per heavy atom. The fourth-order valence-corrected chi connectivity index (χ4v) is 3.57. The Labute approximate surface area is 164 Å². The third-order valence-corrected chi connectivity index (χ3v) is 4.82. The van der Waals surface area contributed by atoms with E-state index in [1.54, 1.807) is 6.07 Å². The number of nitrogens with one attached hydrogen (secondary N) is 1. The molecule has 1 amide bonds. The fraction of sp³-hybridized carbons (Fsp3) is 0.500. The monoisotopic (exact) mass is 406 g/mol. The third-order valence-electron chi connectivity index (χ3n) is 4.02. The van der Waals surface area contributed by atoms with Gasteiger partial charge in [-0.2, -0.15) is 0 Å². The highest BCUT2D eigenvalue weighted by molar-refractivity contribution is 7.13. The quantitative estimate of drug-likeness (QED) is 0.792. The van der Waals surface area contributed by atoms with E-state index in [4.69, 9.17) is 10.2 Å². The van der Waals surface area contributed by atoms with Crippen LogP contribution in [0.3, 0.4) is 0 Å². The van der Waals surface area contributed by atoms with Gasteiger partial charge in [-0.15, -0.1) is 36.2 Å². The van der Waals surface area contributed by atoms with E-state index < -0.39 is 0 Å². The summed E-state index contributed by atoms with van der Waals surface area (Å²) < 4.78 is 5.18. The Morgan fingerprint density at radius 2 is 2.32 bits per heavy atom. The number of furan rings is 1. The van der Waals surface area contributed by atoms with Crippen molar-refractivity contribution in [1.82, 2.24) is 9.88 Å². The fourth-order valence-electron chi connectivity index (χ4n) is 2.87. The van der Waals surface area contributed by atoms with E-state index in [1.807, 2.05) is 5.38 Å². The molecule has 0 bridgehead atoms. The van der Waals surface area contributed by atoms with Crippen LogP contribution < -0.4 is 11.1 Å². The zero-order chi connectivity index (χ0) is 16.2. The molecule has 1 aliphatic heterocycles.